The molecule has 0 amide bonds. The number of anilines is 1. The summed E-state index contributed by atoms with van der Waals surface area (Å²) in [5.74, 6) is 0. The summed E-state index contributed by atoms with van der Waals surface area (Å²) >= 11 is 3.38. The summed E-state index contributed by atoms with van der Waals surface area (Å²) in [6.45, 7) is 1.95. The highest BCUT2D eigenvalue weighted by Gasteiger charge is 2.38. The first-order valence-corrected chi connectivity index (χ1v) is 7.46. The molecule has 0 N–H and O–H groups in total. The predicted molar refractivity (Wildman–Crippen MR) is 69.2 cm³/mol. The Bertz CT molecular complexity index is 488. The van der Waals surface area contributed by atoms with E-state index < -0.39 is 10.0 Å². The molecule has 2 rings (SSSR count). The third-order valence-electron chi connectivity index (χ3n) is 2.72. The highest BCUT2D eigenvalue weighted by atomic mass is 79.9. The summed E-state index contributed by atoms with van der Waals surface area (Å²) in [4.78, 5) is 0. The molecule has 1 fully saturated rings. The zero-order valence-corrected chi connectivity index (χ0v) is 11.7. The first-order chi connectivity index (χ1) is 7.41. The molecule has 0 bridgehead atoms. The zero-order valence-electron chi connectivity index (χ0n) is 9.27. The van der Waals surface area contributed by atoms with Gasteiger partial charge in [0.15, 0.2) is 0 Å². The molecule has 0 saturated heterocycles. The van der Waals surface area contributed by atoms with Crippen molar-refractivity contribution in [2.24, 2.45) is 0 Å². The molecule has 0 aromatic heterocycles. The van der Waals surface area contributed by atoms with Crippen molar-refractivity contribution in [3.8, 4) is 0 Å². The van der Waals surface area contributed by atoms with Crippen molar-refractivity contribution in [3.63, 3.8) is 0 Å². The Morgan fingerprint density at radius 3 is 2.44 bits per heavy atom. The van der Waals surface area contributed by atoms with Gasteiger partial charge in [0.1, 0.15) is 0 Å². The minimum absolute atomic E-state index is 0.170. The van der Waals surface area contributed by atoms with Crippen molar-refractivity contribution in [2.75, 3.05) is 11.4 Å². The monoisotopic (exact) mass is 303 g/mol. The van der Waals surface area contributed by atoms with E-state index in [4.69, 9.17) is 0 Å². The number of sulfonamides is 1. The smallest absolute Gasteiger partial charge is 0.237 e. The topological polar surface area (TPSA) is 37.4 Å². The van der Waals surface area contributed by atoms with Crippen molar-refractivity contribution in [3.05, 3.63) is 28.2 Å². The molecule has 0 spiro atoms. The van der Waals surface area contributed by atoms with Gasteiger partial charge in [-0.2, -0.15) is 0 Å². The largest absolute Gasteiger partial charge is 0.273 e. The van der Waals surface area contributed by atoms with E-state index in [9.17, 15) is 8.42 Å². The molecule has 0 atom stereocenters. The summed E-state index contributed by atoms with van der Waals surface area (Å²) in [5, 5.41) is -0.170. The quantitative estimate of drug-likeness (QED) is 0.861. The van der Waals surface area contributed by atoms with Crippen LogP contribution >= 0.6 is 15.9 Å². The van der Waals surface area contributed by atoms with Gasteiger partial charge in [-0.3, -0.25) is 4.31 Å². The Hall–Kier alpha value is -0.550. The normalized spacial score (nSPS) is 16.2. The molecule has 16 heavy (non-hydrogen) atoms. The SMILES string of the molecule is Cc1cc(Br)cc(N(C)S(=O)(=O)C2CC2)c1. The fourth-order valence-corrected chi connectivity index (χ4v) is 3.81. The number of hydrogen-bond acceptors (Lipinski definition) is 2. The van der Waals surface area contributed by atoms with Crippen molar-refractivity contribution >= 4 is 31.6 Å². The third-order valence-corrected chi connectivity index (χ3v) is 5.46. The van der Waals surface area contributed by atoms with Gasteiger partial charge >= 0.3 is 0 Å². The lowest BCUT2D eigenvalue weighted by molar-refractivity contribution is 0.593. The van der Waals surface area contributed by atoms with E-state index in [1.807, 2.05) is 25.1 Å². The second-order valence-corrected chi connectivity index (χ2v) is 7.36. The van der Waals surface area contributed by atoms with Crippen LogP contribution in [0.5, 0.6) is 0 Å². The maximum Gasteiger partial charge on any atom is 0.237 e. The molecule has 0 unspecified atom stereocenters. The Morgan fingerprint density at radius 1 is 1.31 bits per heavy atom. The maximum atomic E-state index is 12.0. The van der Waals surface area contributed by atoms with Crippen LogP contribution < -0.4 is 4.31 Å². The molecule has 0 heterocycles. The van der Waals surface area contributed by atoms with E-state index in [-0.39, 0.29) is 5.25 Å². The first kappa shape index (κ1) is 11.9. The average molecular weight is 304 g/mol. The minimum atomic E-state index is -3.14. The van der Waals surface area contributed by atoms with Crippen molar-refractivity contribution in [2.45, 2.75) is 25.0 Å². The van der Waals surface area contributed by atoms with Crippen LogP contribution in [0.3, 0.4) is 0 Å². The average Bonchev–Trinajstić information content (AvgIpc) is 2.97. The van der Waals surface area contributed by atoms with Crippen LogP contribution in [0.25, 0.3) is 0 Å². The van der Waals surface area contributed by atoms with Gasteiger partial charge in [-0.15, -0.1) is 0 Å². The number of halogens is 1. The summed E-state index contributed by atoms with van der Waals surface area (Å²) in [6, 6.07) is 5.67. The minimum Gasteiger partial charge on any atom is -0.273 e. The second kappa shape index (κ2) is 4.04. The molecular formula is C11H14BrNO2S. The highest BCUT2D eigenvalue weighted by Crippen LogP contribution is 2.33. The van der Waals surface area contributed by atoms with Crippen molar-refractivity contribution < 1.29 is 8.42 Å². The van der Waals surface area contributed by atoms with Crippen LogP contribution in [-0.2, 0) is 10.0 Å². The summed E-state index contributed by atoms with van der Waals surface area (Å²) in [6.07, 6.45) is 1.58. The fourth-order valence-electron chi connectivity index (χ4n) is 1.64. The van der Waals surface area contributed by atoms with Gasteiger partial charge in [-0.05, 0) is 43.5 Å². The maximum absolute atomic E-state index is 12.0. The predicted octanol–water partition coefficient (Wildman–Crippen LogP) is 2.69. The van der Waals surface area contributed by atoms with E-state index in [2.05, 4.69) is 15.9 Å². The Labute approximate surface area is 105 Å². The number of hydrogen-bond donors (Lipinski definition) is 0. The lowest BCUT2D eigenvalue weighted by Gasteiger charge is -2.20. The molecular weight excluding hydrogens is 290 g/mol. The van der Waals surface area contributed by atoms with Crippen molar-refractivity contribution in [1.82, 2.24) is 0 Å². The Balaban J connectivity index is 2.36. The van der Waals surface area contributed by atoms with E-state index in [1.54, 1.807) is 7.05 Å². The second-order valence-electron chi connectivity index (χ2n) is 4.20. The van der Waals surface area contributed by atoms with Gasteiger partial charge in [-0.25, -0.2) is 8.42 Å². The molecule has 0 radical (unpaired) electrons. The molecule has 3 nitrogen and oxygen atoms in total. The van der Waals surface area contributed by atoms with E-state index in [0.29, 0.717) is 0 Å². The van der Waals surface area contributed by atoms with Gasteiger partial charge in [-0.1, -0.05) is 15.9 Å². The zero-order chi connectivity index (χ0) is 11.9. The van der Waals surface area contributed by atoms with Crippen LogP contribution in [0.2, 0.25) is 0 Å². The number of aryl methyl sites for hydroxylation is 1. The Morgan fingerprint density at radius 2 is 1.94 bits per heavy atom. The number of rotatable bonds is 3. The van der Waals surface area contributed by atoms with Crippen LogP contribution in [0.4, 0.5) is 5.69 Å². The van der Waals surface area contributed by atoms with Crippen molar-refractivity contribution in [1.29, 1.82) is 0 Å². The molecule has 1 aromatic rings. The van der Waals surface area contributed by atoms with Gasteiger partial charge in [0.25, 0.3) is 0 Å². The number of nitrogens with zero attached hydrogens (tertiary/aromatic N) is 1. The van der Waals surface area contributed by atoms with E-state index in [1.165, 1.54) is 4.31 Å². The number of benzene rings is 1. The van der Waals surface area contributed by atoms with Crippen LogP contribution in [-0.4, -0.2) is 20.7 Å². The lowest BCUT2D eigenvalue weighted by Crippen LogP contribution is -2.29. The molecule has 1 aromatic carbocycles. The van der Waals surface area contributed by atoms with Crippen LogP contribution in [0.15, 0.2) is 22.7 Å². The van der Waals surface area contributed by atoms with Gasteiger partial charge < -0.3 is 0 Å². The van der Waals surface area contributed by atoms with E-state index in [0.717, 1.165) is 28.6 Å². The highest BCUT2D eigenvalue weighted by molar-refractivity contribution is 9.10. The molecule has 1 saturated carbocycles. The third kappa shape index (κ3) is 2.25. The van der Waals surface area contributed by atoms with Gasteiger partial charge in [0, 0.05) is 11.5 Å². The lowest BCUT2D eigenvalue weighted by atomic mass is 10.2. The Kier molecular flexibility index (Phi) is 3.01. The summed E-state index contributed by atoms with van der Waals surface area (Å²) < 4.78 is 26.3. The molecule has 5 heteroatoms. The summed E-state index contributed by atoms with van der Waals surface area (Å²) in [5.41, 5.74) is 1.76. The molecule has 1 aliphatic rings. The fraction of sp³-hybridized carbons (Fsp3) is 0.455. The molecule has 88 valence electrons. The molecule has 0 aliphatic heterocycles. The summed E-state index contributed by atoms with van der Waals surface area (Å²) in [7, 11) is -1.52. The first-order valence-electron chi connectivity index (χ1n) is 5.16. The van der Waals surface area contributed by atoms with Gasteiger partial charge in [0.05, 0.1) is 10.9 Å². The van der Waals surface area contributed by atoms with Gasteiger partial charge in [0.2, 0.25) is 10.0 Å². The van der Waals surface area contributed by atoms with Crippen LogP contribution in [0.1, 0.15) is 18.4 Å². The van der Waals surface area contributed by atoms with E-state index >= 15 is 0 Å². The standard InChI is InChI=1S/C11H14BrNO2S/c1-8-5-9(12)7-10(6-8)13(2)16(14,15)11-3-4-11/h5-7,11H,3-4H2,1-2H3. The van der Waals surface area contributed by atoms with Crippen LogP contribution in [0, 0.1) is 6.92 Å². The molecule has 1 aliphatic carbocycles.